The number of carbonyl (C=O) groups is 2. The number of aryl methyl sites for hydroxylation is 1. The second-order valence-corrected chi connectivity index (χ2v) is 15.3. The summed E-state index contributed by atoms with van der Waals surface area (Å²) in [5.74, 6) is -0.765. The third-order valence-electron chi connectivity index (χ3n) is 7.73. The zero-order valence-corrected chi connectivity index (χ0v) is 30.6. The molecule has 2 amide bonds. The van der Waals surface area contributed by atoms with Crippen LogP contribution in [0.1, 0.15) is 37.5 Å². The van der Waals surface area contributed by atoms with E-state index >= 15 is 0 Å². The molecule has 0 bridgehead atoms. The average Bonchev–Trinajstić information content (AvgIpc) is 3.05. The van der Waals surface area contributed by atoms with Crippen LogP contribution in [0.2, 0.25) is 10.0 Å². The van der Waals surface area contributed by atoms with Crippen LogP contribution in [0.15, 0.2) is 95.9 Å². The van der Waals surface area contributed by atoms with E-state index in [-0.39, 0.29) is 29.2 Å². The lowest BCUT2D eigenvalue weighted by atomic mass is 10.0. The summed E-state index contributed by atoms with van der Waals surface area (Å²) in [4.78, 5) is 40.7. The predicted octanol–water partition coefficient (Wildman–Crippen LogP) is 6.97. The maximum atomic E-state index is 14.7. The fourth-order valence-electron chi connectivity index (χ4n) is 5.19. The molecule has 14 heteroatoms. The normalized spacial score (nSPS) is 12.1. The number of nitro benzene ring substituents is 1. The molecule has 0 unspecified atom stereocenters. The highest BCUT2D eigenvalue weighted by Crippen LogP contribution is 2.30. The van der Waals surface area contributed by atoms with Gasteiger partial charge in [0.15, 0.2) is 0 Å². The molecule has 1 atom stereocenters. The van der Waals surface area contributed by atoms with Gasteiger partial charge in [-0.15, -0.1) is 0 Å². The molecule has 0 spiro atoms. The summed E-state index contributed by atoms with van der Waals surface area (Å²) in [6.07, 6.45) is 0.0964. The molecular formula is C36H38Cl2N4O7S. The average molecular weight is 742 g/mol. The molecule has 50 heavy (non-hydrogen) atoms. The minimum atomic E-state index is -4.60. The van der Waals surface area contributed by atoms with Crippen molar-refractivity contribution in [3.8, 4) is 5.75 Å². The van der Waals surface area contributed by atoms with Gasteiger partial charge in [0.1, 0.15) is 18.3 Å². The molecule has 4 rings (SSSR count). The van der Waals surface area contributed by atoms with Crippen molar-refractivity contribution in [1.29, 1.82) is 0 Å². The molecule has 0 aliphatic carbocycles. The topological polar surface area (TPSA) is 139 Å². The lowest BCUT2D eigenvalue weighted by Gasteiger charge is -2.35. The first-order valence-corrected chi connectivity index (χ1v) is 17.7. The van der Waals surface area contributed by atoms with Gasteiger partial charge in [0.05, 0.1) is 22.6 Å². The Morgan fingerprint density at radius 2 is 1.62 bits per heavy atom. The van der Waals surface area contributed by atoms with Gasteiger partial charge >= 0.3 is 0 Å². The molecule has 0 saturated heterocycles. The zero-order chi connectivity index (χ0) is 36.8. The first-order valence-electron chi connectivity index (χ1n) is 15.5. The van der Waals surface area contributed by atoms with Crippen LogP contribution in [0.4, 0.5) is 11.4 Å². The second-order valence-electron chi connectivity index (χ2n) is 12.6. The van der Waals surface area contributed by atoms with Crippen LogP contribution in [0.25, 0.3) is 0 Å². The largest absolute Gasteiger partial charge is 0.497 e. The molecule has 0 radical (unpaired) electrons. The molecule has 0 aliphatic heterocycles. The number of nitro groups is 1. The number of carbonyl (C=O) groups excluding carboxylic acids is 2. The SMILES string of the molecule is COc1ccc(N(CC(=O)N(Cc2ccc(Cl)cc2Cl)[C@@H](Cc2ccccc2)C(=O)NC(C)(C)C)S(=O)(=O)c2ccc(C)c([N+](=O)[O-])c2)cc1. The smallest absolute Gasteiger partial charge is 0.273 e. The van der Waals surface area contributed by atoms with Gasteiger partial charge in [0.25, 0.3) is 15.7 Å². The van der Waals surface area contributed by atoms with Crippen molar-refractivity contribution in [3.63, 3.8) is 0 Å². The van der Waals surface area contributed by atoms with Crippen molar-refractivity contribution in [3.05, 3.63) is 128 Å². The molecule has 0 heterocycles. The summed E-state index contributed by atoms with van der Waals surface area (Å²) in [6, 6.07) is 22.3. The van der Waals surface area contributed by atoms with Crippen LogP contribution in [0.5, 0.6) is 5.75 Å². The van der Waals surface area contributed by atoms with Crippen LogP contribution in [-0.4, -0.2) is 55.3 Å². The third-order valence-corrected chi connectivity index (χ3v) is 10.1. The Hall–Kier alpha value is -4.65. The number of nitrogens with one attached hydrogen (secondary N) is 1. The monoisotopic (exact) mass is 740 g/mol. The summed E-state index contributed by atoms with van der Waals surface area (Å²) in [5.41, 5.74) is 0.517. The van der Waals surface area contributed by atoms with Gasteiger partial charge in [0.2, 0.25) is 11.8 Å². The minimum Gasteiger partial charge on any atom is -0.497 e. The number of nitrogens with zero attached hydrogens (tertiary/aromatic N) is 3. The number of anilines is 1. The molecule has 264 valence electrons. The maximum absolute atomic E-state index is 14.7. The number of rotatable bonds is 13. The van der Waals surface area contributed by atoms with E-state index in [1.807, 2.05) is 51.1 Å². The number of hydrogen-bond acceptors (Lipinski definition) is 7. The Morgan fingerprint density at radius 3 is 2.20 bits per heavy atom. The van der Waals surface area contributed by atoms with Crippen molar-refractivity contribution in [2.45, 2.75) is 57.1 Å². The van der Waals surface area contributed by atoms with E-state index in [0.717, 1.165) is 15.9 Å². The highest BCUT2D eigenvalue weighted by molar-refractivity contribution is 7.92. The highest BCUT2D eigenvalue weighted by Gasteiger charge is 2.36. The molecule has 4 aromatic carbocycles. The summed E-state index contributed by atoms with van der Waals surface area (Å²) in [6.45, 7) is 5.99. The van der Waals surface area contributed by atoms with E-state index in [0.29, 0.717) is 16.3 Å². The van der Waals surface area contributed by atoms with E-state index in [1.54, 1.807) is 12.1 Å². The van der Waals surface area contributed by atoms with Crippen LogP contribution in [0, 0.1) is 17.0 Å². The number of hydrogen-bond donors (Lipinski definition) is 1. The lowest BCUT2D eigenvalue weighted by Crippen LogP contribution is -2.56. The molecule has 4 aromatic rings. The number of ether oxygens (including phenoxy) is 1. The van der Waals surface area contributed by atoms with Crippen LogP contribution in [0.3, 0.4) is 0 Å². The van der Waals surface area contributed by atoms with E-state index < -0.39 is 55.5 Å². The van der Waals surface area contributed by atoms with E-state index in [1.165, 1.54) is 61.4 Å². The minimum absolute atomic E-state index is 0.0885. The van der Waals surface area contributed by atoms with E-state index in [4.69, 9.17) is 27.9 Å². The summed E-state index contributed by atoms with van der Waals surface area (Å²) in [5, 5.41) is 15.3. The molecule has 1 N–H and O–H groups in total. The van der Waals surface area contributed by atoms with Gasteiger partial charge in [-0.2, -0.15) is 0 Å². The number of methoxy groups -OCH3 is 1. The van der Waals surface area contributed by atoms with Crippen molar-refractivity contribution >= 4 is 56.4 Å². The van der Waals surface area contributed by atoms with Gasteiger partial charge in [-0.1, -0.05) is 65.7 Å². The van der Waals surface area contributed by atoms with E-state index in [2.05, 4.69) is 5.32 Å². The van der Waals surface area contributed by atoms with Crippen molar-refractivity contribution < 1.29 is 27.7 Å². The maximum Gasteiger partial charge on any atom is 0.273 e. The summed E-state index contributed by atoms with van der Waals surface area (Å²) < 4.78 is 34.8. The Bertz CT molecular complexity index is 1970. The molecule has 11 nitrogen and oxygen atoms in total. The second kappa shape index (κ2) is 15.9. The number of halogens is 2. The highest BCUT2D eigenvalue weighted by atomic mass is 35.5. The Balaban J connectivity index is 1.88. The van der Waals surface area contributed by atoms with Gasteiger partial charge in [-0.3, -0.25) is 24.0 Å². The fourth-order valence-corrected chi connectivity index (χ4v) is 7.09. The molecule has 0 saturated carbocycles. The Kier molecular flexibility index (Phi) is 12.2. The van der Waals surface area contributed by atoms with Crippen LogP contribution < -0.4 is 14.4 Å². The molecule has 0 aliphatic rings. The number of sulfonamides is 1. The fraction of sp³-hybridized carbons (Fsp3) is 0.278. The predicted molar refractivity (Wildman–Crippen MR) is 194 cm³/mol. The zero-order valence-electron chi connectivity index (χ0n) is 28.2. The standard InChI is InChI=1S/C36H38Cl2N4O7S/c1-24-11-18-30(21-32(24)42(45)46)50(47,48)41(28-14-16-29(49-5)17-15-28)23-34(43)40(22-26-12-13-27(37)20-31(26)38)33(35(44)39-36(2,3)4)19-25-9-7-6-8-10-25/h6-18,20-21,33H,19,22-23H2,1-5H3,(H,39,44)/t33-/m0/s1. The Morgan fingerprint density at radius 1 is 0.960 bits per heavy atom. The van der Waals surface area contributed by atoms with E-state index in [9.17, 15) is 28.1 Å². The van der Waals surface area contributed by atoms with Gasteiger partial charge < -0.3 is 15.0 Å². The third kappa shape index (κ3) is 9.52. The van der Waals surface area contributed by atoms with Crippen molar-refractivity contribution in [2.75, 3.05) is 18.0 Å². The van der Waals surface area contributed by atoms with Gasteiger partial charge in [0, 0.05) is 40.2 Å². The van der Waals surface area contributed by atoms with Crippen LogP contribution in [-0.2, 0) is 32.6 Å². The Labute approximate surface area is 302 Å². The van der Waals surface area contributed by atoms with Crippen molar-refractivity contribution in [1.82, 2.24) is 10.2 Å². The lowest BCUT2D eigenvalue weighted by molar-refractivity contribution is -0.385. The molecule has 0 fully saturated rings. The first-order chi connectivity index (χ1) is 23.5. The molecular weight excluding hydrogens is 703 g/mol. The number of amides is 2. The van der Waals surface area contributed by atoms with Gasteiger partial charge in [-0.25, -0.2) is 8.42 Å². The number of benzene rings is 4. The van der Waals surface area contributed by atoms with Gasteiger partial charge in [-0.05, 0) is 81.3 Å². The molecule has 0 aromatic heterocycles. The first kappa shape index (κ1) is 38.2. The van der Waals surface area contributed by atoms with Crippen molar-refractivity contribution in [2.24, 2.45) is 0 Å². The van der Waals surface area contributed by atoms with Crippen LogP contribution >= 0.6 is 23.2 Å². The quantitative estimate of drug-likeness (QED) is 0.115. The summed E-state index contributed by atoms with van der Waals surface area (Å²) >= 11 is 12.7. The summed E-state index contributed by atoms with van der Waals surface area (Å²) in [7, 11) is -3.15.